The number of halogens is 1. The van der Waals surface area contributed by atoms with Gasteiger partial charge in [-0.2, -0.15) is 21.6 Å². The molecule has 7 N–H and O–H groups in total. The number of sulfonamides is 1. The summed E-state index contributed by atoms with van der Waals surface area (Å²) < 4.78 is 146. The molecule has 4 saturated heterocycles. The number of hydrogen-bond donors (Lipinski definition) is 6. The van der Waals surface area contributed by atoms with Crippen LogP contribution in [0.25, 0.3) is 44.7 Å². The molecule has 4 fully saturated rings. The molecule has 0 saturated carbocycles. The summed E-state index contributed by atoms with van der Waals surface area (Å²) in [7, 11) is -13.6. The second kappa shape index (κ2) is 41.4. The first-order chi connectivity index (χ1) is 61.2. The molecular formula is C80H103ClN22O22PS3Si+. The molecule has 698 valence electrons. The molecule has 4 aliphatic rings. The SMILES string of the molecule is C#CC.CC[C@H]1O[C@@H](n2cnc3c(C)nc(C)nc32)C(N)[C@H]1C.CC[C@H]1O[C@@H](n2cnc3c(C)nc(C)nc32)C(NS(=O)(=O)Oc2ccc([N+](=O)[O-])cc2)[C@H]1C.Cc1nc(C)c2ncn([C@@H]3O[C@H](CO)[C@H](C)C3NS(=O)(=O)CC[C@H]3O[C@@H](n4cnc5c(NC(=O)c6ccccc6)ncnc54)C(O[Si](C)(C)C(C)(C)C)[C@H]3O[P+](=O)O)c2n1.O=[N+]([O-])c1ccc(OS(=O)(=O)Cl)cc1. The van der Waals surface area contributed by atoms with E-state index in [-0.39, 0.29) is 88.3 Å². The van der Waals surface area contributed by atoms with Crippen molar-refractivity contribution in [3.8, 4) is 23.8 Å². The van der Waals surface area contributed by atoms with Crippen molar-refractivity contribution in [1.29, 1.82) is 0 Å². The van der Waals surface area contributed by atoms with Crippen LogP contribution >= 0.6 is 18.9 Å². The van der Waals surface area contributed by atoms with Gasteiger partial charge in [-0.15, -0.1) is 21.8 Å². The maximum atomic E-state index is 14.1. The summed E-state index contributed by atoms with van der Waals surface area (Å²) >= 11 is 0. The number of aromatic nitrogens is 16. The quantitative estimate of drug-likeness (QED) is 0.00732. The first kappa shape index (κ1) is 99.9. The molecule has 17 atom stereocenters. The van der Waals surface area contributed by atoms with Crippen molar-refractivity contribution in [2.24, 2.45) is 23.5 Å². The van der Waals surface area contributed by atoms with E-state index < -0.39 is 129 Å². The average Bonchev–Trinajstić information content (AvgIpc) is 1.59. The predicted octanol–water partition coefficient (Wildman–Crippen LogP) is 10.4. The van der Waals surface area contributed by atoms with E-state index in [2.05, 4.69) is 105 Å². The molecule has 3 aromatic carbocycles. The number of terminal acetylenes is 1. The van der Waals surface area contributed by atoms with Gasteiger partial charge in [-0.05, 0) is 122 Å². The Labute approximate surface area is 755 Å². The molecule has 44 nitrogen and oxygen atoms in total. The lowest BCUT2D eigenvalue weighted by Gasteiger charge is -2.40. The van der Waals surface area contributed by atoms with E-state index in [9.17, 15) is 64.8 Å². The van der Waals surface area contributed by atoms with Crippen molar-refractivity contribution < 1.29 is 90.7 Å². The number of carbonyl (C=O) groups is 1. The van der Waals surface area contributed by atoms with Gasteiger partial charge in [0.25, 0.3) is 17.3 Å². The number of rotatable bonds is 26. The molecule has 15 rings (SSSR count). The first-order valence-corrected chi connectivity index (χ1v) is 50.3. The fraction of sp³-hybridized carbons (Fsp3) is 0.487. The van der Waals surface area contributed by atoms with Crippen LogP contribution in [0.3, 0.4) is 0 Å². The van der Waals surface area contributed by atoms with Crippen molar-refractivity contribution in [3.63, 3.8) is 0 Å². The number of fused-ring (bicyclic) bond motifs is 4. The third-order valence-corrected chi connectivity index (χ3v) is 30.6. The maximum absolute atomic E-state index is 14.1. The summed E-state index contributed by atoms with van der Waals surface area (Å²) in [5, 5.41) is 33.7. The zero-order valence-corrected chi connectivity index (χ0v) is 79.1. The number of non-ortho nitro benzene ring substituents is 2. The van der Waals surface area contributed by atoms with Crippen LogP contribution in [-0.4, -0.2) is 205 Å². The fourth-order valence-corrected chi connectivity index (χ4v) is 19.9. The molecule has 130 heavy (non-hydrogen) atoms. The highest BCUT2D eigenvalue weighted by Crippen LogP contribution is 2.47. The fourth-order valence-electron chi connectivity index (χ4n) is 15.2. The number of benzene rings is 3. The maximum Gasteiger partial charge on any atom is 0.695 e. The third-order valence-electron chi connectivity index (χ3n) is 22.7. The number of ether oxygens (including phenoxy) is 4. The van der Waals surface area contributed by atoms with Gasteiger partial charge >= 0.3 is 27.9 Å². The average molecular weight is 1920 g/mol. The lowest BCUT2D eigenvalue weighted by Crippen LogP contribution is -2.49. The van der Waals surface area contributed by atoms with Crippen molar-refractivity contribution in [2.45, 2.75) is 221 Å². The van der Waals surface area contributed by atoms with Crippen LogP contribution in [0.1, 0.15) is 151 Å². The van der Waals surface area contributed by atoms with Crippen LogP contribution in [0.5, 0.6) is 11.5 Å². The van der Waals surface area contributed by atoms with Crippen molar-refractivity contribution >= 4 is 125 Å². The van der Waals surface area contributed by atoms with E-state index in [1.165, 1.54) is 43.2 Å². The number of imidazole rings is 4. The van der Waals surface area contributed by atoms with Gasteiger partial charge in [0.1, 0.15) is 58.0 Å². The van der Waals surface area contributed by atoms with Gasteiger partial charge in [-0.1, -0.05) is 73.6 Å². The van der Waals surface area contributed by atoms with Gasteiger partial charge in [0.15, 0.2) is 73.3 Å². The van der Waals surface area contributed by atoms with Crippen molar-refractivity contribution in [3.05, 3.63) is 171 Å². The lowest BCUT2D eigenvalue weighted by atomic mass is 9.97. The van der Waals surface area contributed by atoms with E-state index >= 15 is 0 Å². The Kier molecular flexibility index (Phi) is 31.8. The molecule has 4 aliphatic heterocycles. The van der Waals surface area contributed by atoms with Gasteiger partial charge in [0, 0.05) is 52.1 Å². The van der Waals surface area contributed by atoms with Gasteiger partial charge in [-0.25, -0.2) is 72.9 Å². The van der Waals surface area contributed by atoms with Crippen LogP contribution in [0, 0.1) is 91.9 Å². The van der Waals surface area contributed by atoms with Crippen LogP contribution in [-0.2, 0) is 62.1 Å². The lowest BCUT2D eigenvalue weighted by molar-refractivity contribution is -0.385. The van der Waals surface area contributed by atoms with Crippen LogP contribution in [0.15, 0.2) is 110 Å². The Bertz CT molecular complexity index is 6340. The van der Waals surface area contributed by atoms with Crippen LogP contribution in [0.2, 0.25) is 18.1 Å². The second-order valence-corrected chi connectivity index (χ2v) is 43.4. The molecular weight excluding hydrogens is 1810 g/mol. The minimum Gasteiger partial charge on any atom is -0.406 e. The molecule has 0 spiro atoms. The largest absolute Gasteiger partial charge is 0.695 e. The number of nitro benzene ring substituents is 2. The van der Waals surface area contributed by atoms with Gasteiger partial charge in [-0.3, -0.25) is 43.3 Å². The van der Waals surface area contributed by atoms with Crippen LogP contribution in [0.4, 0.5) is 17.2 Å². The molecule has 0 radical (unpaired) electrons. The van der Waals surface area contributed by atoms with Gasteiger partial charge < -0.3 is 47.9 Å². The summed E-state index contributed by atoms with van der Waals surface area (Å²) in [6.07, 6.45) is 6.67. The van der Waals surface area contributed by atoms with E-state index in [0.717, 1.165) is 53.4 Å². The number of carbonyl (C=O) groups excluding carboxylic acids is 1. The smallest absolute Gasteiger partial charge is 0.406 e. The molecule has 12 heterocycles. The highest BCUT2D eigenvalue weighted by molar-refractivity contribution is 8.10. The second-order valence-electron chi connectivity index (χ2n) is 32.7. The summed E-state index contributed by atoms with van der Waals surface area (Å²) in [5.74, 6) is 2.84. The first-order valence-electron chi connectivity index (χ1n) is 41.0. The number of amides is 1. The van der Waals surface area contributed by atoms with E-state index in [4.69, 9.17) is 48.5 Å². The molecule has 0 aliphatic carbocycles. The van der Waals surface area contributed by atoms with Crippen LogP contribution < -0.4 is 28.9 Å². The highest BCUT2D eigenvalue weighted by Gasteiger charge is 2.56. The summed E-state index contributed by atoms with van der Waals surface area (Å²) in [6, 6.07) is 16.3. The van der Waals surface area contributed by atoms with E-state index in [0.29, 0.717) is 63.3 Å². The molecule has 1 amide bonds. The zero-order valence-electron chi connectivity index (χ0n) is 74.0. The summed E-state index contributed by atoms with van der Waals surface area (Å²) in [5.41, 5.74) is 12.9. The van der Waals surface area contributed by atoms with Crippen molar-refractivity contribution in [2.75, 3.05) is 17.7 Å². The number of nitrogens with one attached hydrogen (secondary N) is 3. The monoisotopic (exact) mass is 1910 g/mol. The Morgan fingerprint density at radius 1 is 0.608 bits per heavy atom. The molecule has 0 bridgehead atoms. The Balaban J connectivity index is 0.000000193. The Hall–Kier alpha value is -10.7. The Morgan fingerprint density at radius 2 is 1.03 bits per heavy atom. The van der Waals surface area contributed by atoms with Crippen molar-refractivity contribution in [1.82, 2.24) is 87.5 Å². The van der Waals surface area contributed by atoms with E-state index in [1.807, 2.05) is 73.1 Å². The zero-order chi connectivity index (χ0) is 95.1. The topological polar surface area (TPSA) is 574 Å². The molecule has 5 unspecified atom stereocenters. The number of nitro groups is 2. The number of aliphatic hydroxyl groups is 1. The molecule has 50 heteroatoms. The number of nitrogens with zero attached hydrogens (tertiary/aromatic N) is 18. The normalized spacial score (nSPS) is 23.5. The minimum absolute atomic E-state index is 0.0460. The van der Waals surface area contributed by atoms with Gasteiger partial charge in [0.2, 0.25) is 10.0 Å². The number of anilines is 1. The molecule has 8 aromatic heterocycles. The number of aliphatic hydroxyl groups excluding tert-OH is 1. The van der Waals surface area contributed by atoms with E-state index in [1.54, 1.807) is 91.3 Å². The van der Waals surface area contributed by atoms with Gasteiger partial charge in [0.05, 0.1) is 118 Å². The molecule has 11 aromatic rings. The number of nitrogens with two attached hydrogens (primary N) is 1. The highest BCUT2D eigenvalue weighted by atomic mass is 35.7. The summed E-state index contributed by atoms with van der Waals surface area (Å²) in [6.45, 7) is 32.3. The minimum atomic E-state index is -4.28. The number of aryl methyl sites for hydroxylation is 6. The third kappa shape index (κ3) is 23.2. The predicted molar refractivity (Wildman–Crippen MR) is 478 cm³/mol. The number of hydrogen-bond acceptors (Lipinski definition) is 34. The Morgan fingerprint density at radius 3 is 1.48 bits per heavy atom. The summed E-state index contributed by atoms with van der Waals surface area (Å²) in [4.78, 5) is 96.2. The standard InChI is InChI=1S/C37H49N10O10PSSi.C20H24N6O6S.C14H21N5O.C6H4ClNO5S.C3H4/c1-20-25(16-48)55-35(47-18-40-27-21(2)42-22(3)43-33(27)47)26(20)45-59(52,53)15-14-24-29(56-58(50)51)30(57-60(7,8)37(4,5)6)36(54-24)46-19-41-28-31(38-17-39-32(28)46)44-34(49)23-12-10-9-11-13-23;1-5-16-11(2)17(24-33(29,30)32-15-8-6-14(7-9-15)26(27)28)20(31-16)25-10-21-18-12(3)22-13(4)23-19(18)25;1-5-10-7(2)11(15)14(20-10)19-6-16-12-8(3)17-9(4)18-13(12)19;7-14(11,12)13-6-3-1-5(2-4-6)8(9)10;1-3-2/h9-13,17-20,24-26,29-30,35-36,45,48H,14-16H2,1-8H3,(H-,38,39,44,49,50,51);6-11,16-17,20,24H,5H2,1-4H3;6-7,10-11,14H,5,15H2,1-4H3;1-4H;1H,2H3/p+1/t20-,24+,25+,26?,29-,30?,35+,36+;11-,16+,17?,20+;7-,10+,11?,14+;;/m000../s1.